The number of unbranched alkanes of at least 4 members (excludes halogenated alkanes) is 1. The molecule has 0 nitrogen and oxygen atoms in total. The van der Waals surface area contributed by atoms with Crippen LogP contribution in [0.1, 0.15) is 32.6 Å². The number of hydrogen-bond acceptors (Lipinski definition) is 0. The van der Waals surface area contributed by atoms with Crippen molar-refractivity contribution < 1.29 is 58.9 Å². The average molecular weight is 275 g/mol. The van der Waals surface area contributed by atoms with Crippen molar-refractivity contribution in [2.75, 3.05) is 0 Å². The van der Waals surface area contributed by atoms with E-state index in [-0.39, 0.29) is 58.9 Å². The smallest absolute Gasteiger partial charge is 1.00 e. The maximum Gasteiger partial charge on any atom is 4.00 e. The Kier molecular flexibility index (Phi) is 28.3. The van der Waals surface area contributed by atoms with Crippen molar-refractivity contribution in [3.63, 3.8) is 0 Å². The zero-order valence-corrected chi connectivity index (χ0v) is 11.4. The summed E-state index contributed by atoms with van der Waals surface area (Å²) in [7, 11) is 0. The molecule has 0 unspecified atom stereocenters. The standard InChI is InChI=1S/C9H13.3ClH.Ti/c1-2-3-6-9-7-4-5-8-9;;;;/h7-8H,2-4,6H2,1H3;3*1H;/q-1;;;;+4/p-3. The van der Waals surface area contributed by atoms with Gasteiger partial charge in [0.05, 0.1) is 0 Å². The van der Waals surface area contributed by atoms with Crippen LogP contribution in [0.25, 0.3) is 0 Å². The van der Waals surface area contributed by atoms with Crippen LogP contribution in [0.2, 0.25) is 0 Å². The van der Waals surface area contributed by atoms with Gasteiger partial charge in [0.2, 0.25) is 0 Å². The molecule has 1 rings (SSSR count). The Morgan fingerprint density at radius 2 is 1.92 bits per heavy atom. The second kappa shape index (κ2) is 15.5. The van der Waals surface area contributed by atoms with E-state index < -0.39 is 0 Å². The van der Waals surface area contributed by atoms with Crippen LogP contribution >= 0.6 is 0 Å². The number of hydrogen-bond donors (Lipinski definition) is 0. The topological polar surface area (TPSA) is 0 Å². The Balaban J connectivity index is -0.000000101. The Bertz CT molecular complexity index is 144. The molecule has 0 bridgehead atoms. The van der Waals surface area contributed by atoms with Gasteiger partial charge in [0, 0.05) is 0 Å². The molecule has 0 atom stereocenters. The molecule has 0 radical (unpaired) electrons. The van der Waals surface area contributed by atoms with Crippen LogP contribution in [0.15, 0.2) is 17.7 Å². The third-order valence-electron chi connectivity index (χ3n) is 1.59. The first kappa shape index (κ1) is 23.7. The van der Waals surface area contributed by atoms with Gasteiger partial charge >= 0.3 is 21.7 Å². The van der Waals surface area contributed by atoms with Gasteiger partial charge in [-0.3, -0.25) is 6.08 Å². The van der Waals surface area contributed by atoms with Crippen molar-refractivity contribution in [2.24, 2.45) is 0 Å². The van der Waals surface area contributed by atoms with Gasteiger partial charge in [0.25, 0.3) is 0 Å². The molecule has 0 heterocycles. The monoisotopic (exact) mass is 274 g/mol. The summed E-state index contributed by atoms with van der Waals surface area (Å²) in [4.78, 5) is 0. The summed E-state index contributed by atoms with van der Waals surface area (Å²) in [6.07, 6.45) is 12.5. The van der Waals surface area contributed by atoms with Crippen LogP contribution in [0.4, 0.5) is 0 Å². The van der Waals surface area contributed by atoms with E-state index in [4.69, 9.17) is 0 Å². The molecule has 0 fully saturated rings. The van der Waals surface area contributed by atoms with Gasteiger partial charge in [-0.15, -0.1) is 6.42 Å². The molecule has 1 aliphatic carbocycles. The van der Waals surface area contributed by atoms with E-state index in [2.05, 4.69) is 25.2 Å². The molecule has 13 heavy (non-hydrogen) atoms. The van der Waals surface area contributed by atoms with Crippen LogP contribution in [0, 0.1) is 6.08 Å². The third-order valence-corrected chi connectivity index (χ3v) is 1.59. The predicted molar refractivity (Wildman–Crippen MR) is 40.0 cm³/mol. The van der Waals surface area contributed by atoms with E-state index in [9.17, 15) is 0 Å². The van der Waals surface area contributed by atoms with E-state index in [0.717, 1.165) is 6.42 Å². The van der Waals surface area contributed by atoms with Crippen LogP contribution in [-0.4, -0.2) is 0 Å². The fraction of sp³-hybridized carbons (Fsp3) is 0.556. The molecule has 0 N–H and O–H groups in total. The predicted octanol–water partition coefficient (Wildman–Crippen LogP) is -6.12. The summed E-state index contributed by atoms with van der Waals surface area (Å²) in [5.74, 6) is 0. The van der Waals surface area contributed by atoms with E-state index in [1.165, 1.54) is 24.8 Å². The molecule has 0 saturated carbocycles. The van der Waals surface area contributed by atoms with E-state index >= 15 is 0 Å². The fourth-order valence-corrected chi connectivity index (χ4v) is 0.994. The van der Waals surface area contributed by atoms with Gasteiger partial charge < -0.3 is 37.2 Å². The Hall–Kier alpha value is 1.06. The van der Waals surface area contributed by atoms with Crippen molar-refractivity contribution in [2.45, 2.75) is 32.6 Å². The van der Waals surface area contributed by atoms with Gasteiger partial charge in [-0.25, -0.2) is 11.6 Å². The van der Waals surface area contributed by atoms with Crippen molar-refractivity contribution in [3.8, 4) is 0 Å². The summed E-state index contributed by atoms with van der Waals surface area (Å²) in [6, 6.07) is 0. The molecular formula is C9H13Cl3Ti. The summed E-state index contributed by atoms with van der Waals surface area (Å²) in [6.45, 7) is 2.23. The molecule has 0 spiro atoms. The molecule has 0 aromatic carbocycles. The third kappa shape index (κ3) is 11.0. The zero-order chi connectivity index (χ0) is 6.53. The molecule has 0 aromatic heterocycles. The SMILES string of the molecule is CCCCC1=CC[C-]=C1.[Cl-].[Cl-].[Cl-].[Ti+4]. The van der Waals surface area contributed by atoms with Crippen molar-refractivity contribution in [1.29, 1.82) is 0 Å². The molecule has 0 amide bonds. The molecule has 74 valence electrons. The van der Waals surface area contributed by atoms with Crippen LogP contribution in [0.3, 0.4) is 0 Å². The summed E-state index contributed by atoms with van der Waals surface area (Å²) in [5.41, 5.74) is 1.48. The Morgan fingerprint density at radius 1 is 1.31 bits per heavy atom. The minimum atomic E-state index is 0. The molecule has 0 aliphatic heterocycles. The first-order chi connectivity index (χ1) is 4.43. The summed E-state index contributed by atoms with van der Waals surface area (Å²) < 4.78 is 0. The minimum absolute atomic E-state index is 0. The summed E-state index contributed by atoms with van der Waals surface area (Å²) >= 11 is 0. The fourth-order valence-electron chi connectivity index (χ4n) is 0.994. The van der Waals surface area contributed by atoms with Gasteiger partial charge in [0.15, 0.2) is 0 Å². The van der Waals surface area contributed by atoms with Crippen LogP contribution in [-0.2, 0) is 21.7 Å². The van der Waals surface area contributed by atoms with Crippen LogP contribution < -0.4 is 37.2 Å². The van der Waals surface area contributed by atoms with Crippen molar-refractivity contribution in [1.82, 2.24) is 0 Å². The van der Waals surface area contributed by atoms with Crippen molar-refractivity contribution in [3.05, 3.63) is 23.8 Å². The second-order valence-electron chi connectivity index (χ2n) is 2.44. The first-order valence-electron chi connectivity index (χ1n) is 3.69. The van der Waals surface area contributed by atoms with E-state index in [1.807, 2.05) is 0 Å². The Labute approximate surface area is 115 Å². The zero-order valence-electron chi connectivity index (χ0n) is 7.62. The summed E-state index contributed by atoms with van der Waals surface area (Å²) in [5, 5.41) is 0. The second-order valence-corrected chi connectivity index (χ2v) is 2.44. The normalized spacial score (nSPS) is 11.3. The van der Waals surface area contributed by atoms with Crippen molar-refractivity contribution >= 4 is 0 Å². The number of halogens is 3. The molecule has 4 heteroatoms. The maximum absolute atomic E-state index is 3.16. The number of allylic oxidation sites excluding steroid dienone is 4. The van der Waals surface area contributed by atoms with Gasteiger partial charge in [-0.05, 0) is 0 Å². The average Bonchev–Trinajstić information content (AvgIpc) is 2.34. The largest absolute Gasteiger partial charge is 4.00 e. The molecule has 0 aromatic rings. The molecule has 1 aliphatic rings. The quantitative estimate of drug-likeness (QED) is 0.355. The molecular weight excluding hydrogens is 262 g/mol. The van der Waals surface area contributed by atoms with Crippen LogP contribution in [0.5, 0.6) is 0 Å². The van der Waals surface area contributed by atoms with E-state index in [1.54, 1.807) is 0 Å². The Morgan fingerprint density at radius 3 is 2.31 bits per heavy atom. The van der Waals surface area contributed by atoms with Gasteiger partial charge in [0.1, 0.15) is 0 Å². The van der Waals surface area contributed by atoms with Gasteiger partial charge in [-0.2, -0.15) is 6.08 Å². The minimum Gasteiger partial charge on any atom is -1.00 e. The maximum atomic E-state index is 3.16. The molecule has 0 saturated heterocycles. The number of rotatable bonds is 3. The van der Waals surface area contributed by atoms with E-state index in [0.29, 0.717) is 0 Å². The first-order valence-corrected chi connectivity index (χ1v) is 3.69. The van der Waals surface area contributed by atoms with Gasteiger partial charge in [-0.1, -0.05) is 26.2 Å².